The van der Waals surface area contributed by atoms with Gasteiger partial charge < -0.3 is 10.4 Å². The SMILES string of the molecule is O=C(Nc1ccc(S(=O)(=O)O)cc1)c1cc(Br)cc(Br)c1O. The number of anilines is 1. The molecule has 0 aliphatic carbocycles. The Balaban J connectivity index is 2.26. The molecule has 0 atom stereocenters. The summed E-state index contributed by atoms with van der Waals surface area (Å²) in [7, 11) is -4.28. The van der Waals surface area contributed by atoms with Crippen molar-refractivity contribution < 1.29 is 22.9 Å². The van der Waals surface area contributed by atoms with Gasteiger partial charge in [0.05, 0.1) is 14.9 Å². The molecular weight excluding hydrogens is 442 g/mol. The van der Waals surface area contributed by atoms with Crippen LogP contribution in [0.4, 0.5) is 5.69 Å². The zero-order valence-corrected chi connectivity index (χ0v) is 14.7. The summed E-state index contributed by atoms with van der Waals surface area (Å²) in [5.74, 6) is -0.783. The first-order valence-corrected chi connectivity index (χ1v) is 8.78. The van der Waals surface area contributed by atoms with Crippen LogP contribution < -0.4 is 5.32 Å². The van der Waals surface area contributed by atoms with E-state index in [2.05, 4.69) is 37.2 Å². The molecule has 0 aliphatic rings. The topological polar surface area (TPSA) is 104 Å². The predicted octanol–water partition coefficient (Wildman–Crippen LogP) is 3.42. The van der Waals surface area contributed by atoms with Crippen LogP contribution in [0.1, 0.15) is 10.4 Å². The van der Waals surface area contributed by atoms with Gasteiger partial charge in [-0.15, -0.1) is 0 Å². The molecule has 0 spiro atoms. The fourth-order valence-corrected chi connectivity index (χ4v) is 3.35. The third-order valence-corrected chi connectivity index (χ3v) is 4.61. The Labute approximate surface area is 143 Å². The monoisotopic (exact) mass is 449 g/mol. The van der Waals surface area contributed by atoms with E-state index < -0.39 is 16.0 Å². The maximum Gasteiger partial charge on any atom is 0.294 e. The first-order valence-electron chi connectivity index (χ1n) is 5.75. The molecule has 0 aromatic heterocycles. The maximum absolute atomic E-state index is 12.1. The van der Waals surface area contributed by atoms with Gasteiger partial charge in [-0.05, 0) is 52.3 Å². The van der Waals surface area contributed by atoms with Crippen LogP contribution in [0.25, 0.3) is 0 Å². The minimum Gasteiger partial charge on any atom is -0.506 e. The van der Waals surface area contributed by atoms with Crippen molar-refractivity contribution in [1.29, 1.82) is 0 Å². The number of halogens is 2. The fourth-order valence-electron chi connectivity index (χ4n) is 1.65. The first kappa shape index (κ1) is 16.9. The van der Waals surface area contributed by atoms with E-state index in [9.17, 15) is 18.3 Å². The number of carbonyl (C=O) groups excluding carboxylic acids is 1. The second kappa shape index (κ2) is 6.37. The van der Waals surface area contributed by atoms with Crippen LogP contribution in [0.15, 0.2) is 50.2 Å². The highest BCUT2D eigenvalue weighted by molar-refractivity contribution is 9.11. The standard InChI is InChI=1S/C13H9Br2NO5S/c14-7-5-10(12(17)11(15)6-7)13(18)16-8-1-3-9(4-2-8)22(19,20)21/h1-6,17H,(H,16,18)(H,19,20,21). The molecule has 0 saturated heterocycles. The van der Waals surface area contributed by atoms with Gasteiger partial charge in [-0.2, -0.15) is 8.42 Å². The summed E-state index contributed by atoms with van der Waals surface area (Å²) in [6.45, 7) is 0. The average molecular weight is 451 g/mol. The van der Waals surface area contributed by atoms with Crippen LogP contribution in [0.3, 0.4) is 0 Å². The minimum absolute atomic E-state index is 0.0418. The summed E-state index contributed by atoms with van der Waals surface area (Å²) >= 11 is 6.34. The van der Waals surface area contributed by atoms with Gasteiger partial charge in [0.2, 0.25) is 0 Å². The molecule has 0 bridgehead atoms. The van der Waals surface area contributed by atoms with Crippen molar-refractivity contribution in [3.8, 4) is 5.75 Å². The molecule has 9 heteroatoms. The normalized spacial score (nSPS) is 11.2. The average Bonchev–Trinajstić information content (AvgIpc) is 2.42. The van der Waals surface area contributed by atoms with Gasteiger partial charge in [0.25, 0.3) is 16.0 Å². The molecule has 2 aromatic carbocycles. The van der Waals surface area contributed by atoms with Crippen LogP contribution in [-0.2, 0) is 10.1 Å². The number of rotatable bonds is 3. The van der Waals surface area contributed by atoms with Crippen molar-refractivity contribution in [3.63, 3.8) is 0 Å². The molecule has 1 amide bonds. The van der Waals surface area contributed by atoms with Crippen LogP contribution in [0.2, 0.25) is 0 Å². The Hall–Kier alpha value is -1.42. The summed E-state index contributed by atoms with van der Waals surface area (Å²) in [5, 5.41) is 12.4. The molecule has 22 heavy (non-hydrogen) atoms. The van der Waals surface area contributed by atoms with E-state index in [0.29, 0.717) is 14.6 Å². The lowest BCUT2D eigenvalue weighted by atomic mass is 10.2. The largest absolute Gasteiger partial charge is 0.506 e. The van der Waals surface area contributed by atoms with Crippen molar-refractivity contribution in [1.82, 2.24) is 0 Å². The second-order valence-corrected chi connectivity index (χ2v) is 7.43. The number of phenolic OH excluding ortho intramolecular Hbond substituents is 1. The highest BCUT2D eigenvalue weighted by atomic mass is 79.9. The molecule has 2 aromatic rings. The van der Waals surface area contributed by atoms with Crippen LogP contribution in [-0.4, -0.2) is 24.0 Å². The number of carbonyl (C=O) groups is 1. The van der Waals surface area contributed by atoms with Crippen molar-refractivity contribution in [2.24, 2.45) is 0 Å². The lowest BCUT2D eigenvalue weighted by molar-refractivity contribution is 0.102. The molecule has 0 heterocycles. The Morgan fingerprint density at radius 1 is 1.09 bits per heavy atom. The molecule has 0 unspecified atom stereocenters. The Morgan fingerprint density at radius 3 is 2.23 bits per heavy atom. The summed E-state index contributed by atoms with van der Waals surface area (Å²) in [6, 6.07) is 7.99. The lowest BCUT2D eigenvalue weighted by Crippen LogP contribution is -2.12. The summed E-state index contributed by atoms with van der Waals surface area (Å²) in [6.07, 6.45) is 0. The highest BCUT2D eigenvalue weighted by Gasteiger charge is 2.16. The Morgan fingerprint density at radius 2 is 1.68 bits per heavy atom. The first-order chi connectivity index (χ1) is 10.2. The minimum atomic E-state index is -4.28. The summed E-state index contributed by atoms with van der Waals surface area (Å²) in [4.78, 5) is 11.9. The number of hydrogen-bond donors (Lipinski definition) is 3. The third kappa shape index (κ3) is 3.86. The van der Waals surface area contributed by atoms with E-state index in [1.54, 1.807) is 6.07 Å². The smallest absolute Gasteiger partial charge is 0.294 e. The molecule has 0 fully saturated rings. The zero-order valence-electron chi connectivity index (χ0n) is 10.7. The quantitative estimate of drug-likeness (QED) is 0.621. The summed E-state index contributed by atoms with van der Waals surface area (Å²) < 4.78 is 31.7. The summed E-state index contributed by atoms with van der Waals surface area (Å²) in [5.41, 5.74) is 0.355. The van der Waals surface area contributed by atoms with E-state index in [-0.39, 0.29) is 16.2 Å². The van der Waals surface area contributed by atoms with Gasteiger partial charge in [0.1, 0.15) is 5.75 Å². The van der Waals surface area contributed by atoms with Crippen molar-refractivity contribution in [2.75, 3.05) is 5.32 Å². The van der Waals surface area contributed by atoms with Crippen molar-refractivity contribution >= 4 is 53.6 Å². The van der Waals surface area contributed by atoms with Gasteiger partial charge in [-0.3, -0.25) is 9.35 Å². The van der Waals surface area contributed by atoms with Gasteiger partial charge in [0.15, 0.2) is 0 Å². The molecule has 2 rings (SSSR count). The van der Waals surface area contributed by atoms with Crippen molar-refractivity contribution in [2.45, 2.75) is 4.90 Å². The number of amides is 1. The molecule has 6 nitrogen and oxygen atoms in total. The molecule has 0 radical (unpaired) electrons. The molecule has 116 valence electrons. The number of benzene rings is 2. The number of hydrogen-bond acceptors (Lipinski definition) is 4. The Kier molecular flexibility index (Phi) is 4.90. The maximum atomic E-state index is 12.1. The van der Waals surface area contributed by atoms with Gasteiger partial charge in [-0.1, -0.05) is 15.9 Å². The number of aromatic hydroxyl groups is 1. The van der Waals surface area contributed by atoms with Gasteiger partial charge >= 0.3 is 0 Å². The van der Waals surface area contributed by atoms with Crippen LogP contribution in [0, 0.1) is 0 Å². The predicted molar refractivity (Wildman–Crippen MR) is 87.7 cm³/mol. The van der Waals surface area contributed by atoms with Crippen LogP contribution >= 0.6 is 31.9 Å². The number of nitrogens with one attached hydrogen (secondary N) is 1. The van der Waals surface area contributed by atoms with Crippen molar-refractivity contribution in [3.05, 3.63) is 50.9 Å². The highest BCUT2D eigenvalue weighted by Crippen LogP contribution is 2.32. The van der Waals surface area contributed by atoms with Gasteiger partial charge in [0, 0.05) is 10.2 Å². The molecular formula is C13H9Br2NO5S. The Bertz CT molecular complexity index is 834. The number of phenols is 1. The fraction of sp³-hybridized carbons (Fsp3) is 0. The van der Waals surface area contributed by atoms with E-state index in [0.717, 1.165) is 12.1 Å². The molecule has 0 aliphatic heterocycles. The van der Waals surface area contributed by atoms with E-state index >= 15 is 0 Å². The lowest BCUT2D eigenvalue weighted by Gasteiger charge is -2.09. The van der Waals surface area contributed by atoms with E-state index in [1.165, 1.54) is 18.2 Å². The van der Waals surface area contributed by atoms with Crippen LogP contribution in [0.5, 0.6) is 5.75 Å². The third-order valence-electron chi connectivity index (χ3n) is 2.68. The van der Waals surface area contributed by atoms with Gasteiger partial charge in [-0.25, -0.2) is 0 Å². The van der Waals surface area contributed by atoms with E-state index in [4.69, 9.17) is 4.55 Å². The zero-order chi connectivity index (χ0) is 16.5. The van der Waals surface area contributed by atoms with E-state index in [1.807, 2.05) is 0 Å². The second-order valence-electron chi connectivity index (χ2n) is 4.24. The molecule has 3 N–H and O–H groups in total. The molecule has 0 saturated carbocycles.